The number of hydrogen-bond acceptors (Lipinski definition) is 4. The number of aryl methyl sites for hydroxylation is 1. The number of morpholine rings is 1. The van der Waals surface area contributed by atoms with Gasteiger partial charge in [-0.3, -0.25) is 4.79 Å². The molecule has 2 heterocycles. The van der Waals surface area contributed by atoms with E-state index in [9.17, 15) is 4.79 Å². The van der Waals surface area contributed by atoms with E-state index in [2.05, 4.69) is 22.1 Å². The van der Waals surface area contributed by atoms with Crippen LogP contribution in [0.2, 0.25) is 0 Å². The van der Waals surface area contributed by atoms with Crippen LogP contribution in [0.15, 0.2) is 42.6 Å². The Labute approximate surface area is 136 Å². The van der Waals surface area contributed by atoms with Crippen LogP contribution in [-0.2, 0) is 4.74 Å². The first-order chi connectivity index (χ1) is 11.1. The van der Waals surface area contributed by atoms with Crippen molar-refractivity contribution in [2.45, 2.75) is 20.0 Å². The Balaban J connectivity index is 1.65. The number of benzene rings is 1. The van der Waals surface area contributed by atoms with Crippen molar-refractivity contribution in [3.8, 4) is 0 Å². The molecule has 3 rings (SSSR count). The molecule has 2 aromatic rings. The molecule has 120 valence electrons. The molecule has 1 aromatic carbocycles. The first kappa shape index (κ1) is 15.5. The van der Waals surface area contributed by atoms with E-state index < -0.39 is 0 Å². The van der Waals surface area contributed by atoms with Crippen LogP contribution < -0.4 is 10.2 Å². The van der Waals surface area contributed by atoms with E-state index >= 15 is 0 Å². The predicted octanol–water partition coefficient (Wildman–Crippen LogP) is 2.87. The summed E-state index contributed by atoms with van der Waals surface area (Å²) in [5, 5.41) is 2.87. The van der Waals surface area contributed by atoms with E-state index in [1.807, 2.05) is 43.3 Å². The minimum atomic E-state index is -0.125. The Morgan fingerprint density at radius 1 is 1.26 bits per heavy atom. The monoisotopic (exact) mass is 311 g/mol. The van der Waals surface area contributed by atoms with Gasteiger partial charge in [0.15, 0.2) is 0 Å². The highest BCUT2D eigenvalue weighted by Crippen LogP contribution is 2.17. The molecule has 0 saturated carbocycles. The number of pyridine rings is 1. The second-order valence-corrected chi connectivity index (χ2v) is 5.85. The summed E-state index contributed by atoms with van der Waals surface area (Å²) in [6.07, 6.45) is 1.91. The number of amides is 1. The van der Waals surface area contributed by atoms with Gasteiger partial charge in [-0.25, -0.2) is 4.98 Å². The fourth-order valence-corrected chi connectivity index (χ4v) is 2.58. The molecule has 0 aliphatic carbocycles. The first-order valence-electron chi connectivity index (χ1n) is 7.82. The molecule has 1 saturated heterocycles. The molecule has 1 N–H and O–H groups in total. The lowest BCUT2D eigenvalue weighted by Gasteiger charge is -2.32. The van der Waals surface area contributed by atoms with Gasteiger partial charge in [-0.2, -0.15) is 0 Å². The van der Waals surface area contributed by atoms with E-state index in [0.29, 0.717) is 11.3 Å². The molecular formula is C18H21N3O2. The molecule has 5 heteroatoms. The summed E-state index contributed by atoms with van der Waals surface area (Å²) < 4.78 is 5.54. The number of aromatic nitrogens is 1. The SMILES string of the molecule is Cc1ccc(C(=O)Nc2ccc(N3CCOC(C)C3)nc2)cc1. The molecule has 0 radical (unpaired) electrons. The summed E-state index contributed by atoms with van der Waals surface area (Å²) in [6.45, 7) is 6.45. The molecule has 0 spiro atoms. The van der Waals surface area contributed by atoms with Crippen LogP contribution >= 0.6 is 0 Å². The normalized spacial score (nSPS) is 17.8. The summed E-state index contributed by atoms with van der Waals surface area (Å²) in [6, 6.07) is 11.3. The second-order valence-electron chi connectivity index (χ2n) is 5.85. The van der Waals surface area contributed by atoms with Crippen LogP contribution in [0.5, 0.6) is 0 Å². The number of carbonyl (C=O) groups is 1. The lowest BCUT2D eigenvalue weighted by Crippen LogP contribution is -2.41. The van der Waals surface area contributed by atoms with Crippen molar-refractivity contribution in [1.82, 2.24) is 4.98 Å². The van der Waals surface area contributed by atoms with Crippen LogP contribution in [0.4, 0.5) is 11.5 Å². The number of ether oxygens (including phenoxy) is 1. The Morgan fingerprint density at radius 2 is 2.04 bits per heavy atom. The van der Waals surface area contributed by atoms with E-state index in [0.717, 1.165) is 31.1 Å². The van der Waals surface area contributed by atoms with Crippen molar-refractivity contribution < 1.29 is 9.53 Å². The third kappa shape index (κ3) is 3.87. The fourth-order valence-electron chi connectivity index (χ4n) is 2.58. The minimum absolute atomic E-state index is 0.125. The topological polar surface area (TPSA) is 54.5 Å². The molecule has 1 aromatic heterocycles. The third-order valence-electron chi connectivity index (χ3n) is 3.88. The van der Waals surface area contributed by atoms with Crippen molar-refractivity contribution in [2.24, 2.45) is 0 Å². The maximum atomic E-state index is 12.2. The Morgan fingerprint density at radius 3 is 2.70 bits per heavy atom. The molecule has 1 unspecified atom stereocenters. The van der Waals surface area contributed by atoms with Gasteiger partial charge < -0.3 is 15.0 Å². The van der Waals surface area contributed by atoms with Gasteiger partial charge in [-0.1, -0.05) is 17.7 Å². The molecular weight excluding hydrogens is 290 g/mol. The van der Waals surface area contributed by atoms with Gasteiger partial charge >= 0.3 is 0 Å². The number of carbonyl (C=O) groups excluding carboxylic acids is 1. The lowest BCUT2D eigenvalue weighted by atomic mass is 10.1. The van der Waals surface area contributed by atoms with Gasteiger partial charge in [0, 0.05) is 18.7 Å². The van der Waals surface area contributed by atoms with Gasteiger partial charge in [0.2, 0.25) is 0 Å². The minimum Gasteiger partial charge on any atom is -0.375 e. The number of nitrogens with zero attached hydrogens (tertiary/aromatic N) is 2. The maximum absolute atomic E-state index is 12.2. The first-order valence-corrected chi connectivity index (χ1v) is 7.82. The molecule has 1 fully saturated rings. The maximum Gasteiger partial charge on any atom is 0.255 e. The van der Waals surface area contributed by atoms with Crippen LogP contribution in [-0.4, -0.2) is 36.7 Å². The number of anilines is 2. The molecule has 1 aliphatic heterocycles. The van der Waals surface area contributed by atoms with Crippen molar-refractivity contribution in [3.63, 3.8) is 0 Å². The zero-order valence-corrected chi connectivity index (χ0v) is 13.5. The van der Waals surface area contributed by atoms with Gasteiger partial charge in [-0.05, 0) is 38.1 Å². The van der Waals surface area contributed by atoms with Crippen molar-refractivity contribution in [2.75, 3.05) is 29.9 Å². The highest BCUT2D eigenvalue weighted by atomic mass is 16.5. The van der Waals surface area contributed by atoms with Gasteiger partial charge in [-0.15, -0.1) is 0 Å². The second kappa shape index (κ2) is 6.79. The summed E-state index contributed by atoms with van der Waals surface area (Å²) >= 11 is 0. The number of rotatable bonds is 3. The molecule has 1 amide bonds. The average molecular weight is 311 g/mol. The Hall–Kier alpha value is -2.40. The summed E-state index contributed by atoms with van der Waals surface area (Å²) in [7, 11) is 0. The Kier molecular flexibility index (Phi) is 4.57. The fraction of sp³-hybridized carbons (Fsp3) is 0.333. The smallest absolute Gasteiger partial charge is 0.255 e. The largest absolute Gasteiger partial charge is 0.375 e. The van der Waals surface area contributed by atoms with Crippen molar-refractivity contribution in [1.29, 1.82) is 0 Å². The van der Waals surface area contributed by atoms with Gasteiger partial charge in [0.25, 0.3) is 5.91 Å². The zero-order valence-electron chi connectivity index (χ0n) is 13.5. The van der Waals surface area contributed by atoms with E-state index in [1.165, 1.54) is 0 Å². The Bertz CT molecular complexity index is 668. The standard InChI is InChI=1S/C18H21N3O2/c1-13-3-5-15(6-4-13)18(22)20-16-7-8-17(19-11-16)21-9-10-23-14(2)12-21/h3-8,11,14H,9-10,12H2,1-2H3,(H,20,22). The van der Waals surface area contributed by atoms with E-state index in [1.54, 1.807) is 6.20 Å². The number of hydrogen-bond donors (Lipinski definition) is 1. The summed E-state index contributed by atoms with van der Waals surface area (Å²) in [5.74, 6) is 0.785. The highest BCUT2D eigenvalue weighted by molar-refractivity contribution is 6.04. The highest BCUT2D eigenvalue weighted by Gasteiger charge is 2.17. The summed E-state index contributed by atoms with van der Waals surface area (Å²) in [5.41, 5.74) is 2.47. The average Bonchev–Trinajstić information content (AvgIpc) is 2.56. The third-order valence-corrected chi connectivity index (χ3v) is 3.88. The molecule has 1 aliphatic rings. The lowest BCUT2D eigenvalue weighted by molar-refractivity contribution is 0.0529. The van der Waals surface area contributed by atoms with Crippen LogP contribution in [0.3, 0.4) is 0 Å². The van der Waals surface area contributed by atoms with Crippen LogP contribution in [0.25, 0.3) is 0 Å². The number of nitrogens with one attached hydrogen (secondary N) is 1. The van der Waals surface area contributed by atoms with Crippen LogP contribution in [0.1, 0.15) is 22.8 Å². The predicted molar refractivity (Wildman–Crippen MR) is 91.0 cm³/mol. The molecule has 5 nitrogen and oxygen atoms in total. The molecule has 1 atom stereocenters. The van der Waals surface area contributed by atoms with E-state index in [-0.39, 0.29) is 12.0 Å². The van der Waals surface area contributed by atoms with Gasteiger partial charge in [0.05, 0.1) is 24.6 Å². The van der Waals surface area contributed by atoms with Gasteiger partial charge in [0.1, 0.15) is 5.82 Å². The van der Waals surface area contributed by atoms with Crippen molar-refractivity contribution >= 4 is 17.4 Å². The quantitative estimate of drug-likeness (QED) is 0.947. The summed E-state index contributed by atoms with van der Waals surface area (Å²) in [4.78, 5) is 18.8. The molecule has 0 bridgehead atoms. The van der Waals surface area contributed by atoms with Crippen LogP contribution in [0, 0.1) is 6.92 Å². The molecule has 23 heavy (non-hydrogen) atoms. The zero-order chi connectivity index (χ0) is 16.2. The van der Waals surface area contributed by atoms with Crippen molar-refractivity contribution in [3.05, 3.63) is 53.7 Å². The van der Waals surface area contributed by atoms with E-state index in [4.69, 9.17) is 4.74 Å².